The first-order valence-corrected chi connectivity index (χ1v) is 8.10. The molecule has 0 N–H and O–H groups in total. The minimum absolute atomic E-state index is 0.160. The van der Waals surface area contributed by atoms with Crippen molar-refractivity contribution in [2.24, 2.45) is 0 Å². The summed E-state index contributed by atoms with van der Waals surface area (Å²) in [5.74, 6) is 0. The highest BCUT2D eigenvalue weighted by molar-refractivity contribution is 5.70. The predicted octanol–water partition coefficient (Wildman–Crippen LogP) is 2.70. The van der Waals surface area contributed by atoms with Crippen molar-refractivity contribution in [3.8, 4) is 0 Å². The molecule has 6 nitrogen and oxygen atoms in total. The second-order valence-corrected chi connectivity index (χ2v) is 6.10. The van der Waals surface area contributed by atoms with Gasteiger partial charge in [0, 0.05) is 12.3 Å². The second-order valence-electron chi connectivity index (χ2n) is 6.10. The molecule has 0 spiro atoms. The van der Waals surface area contributed by atoms with Gasteiger partial charge in [0.15, 0.2) is 0 Å². The van der Waals surface area contributed by atoms with Crippen LogP contribution in [0, 0.1) is 6.92 Å². The Hall–Kier alpha value is -3.15. The van der Waals surface area contributed by atoms with Gasteiger partial charge in [-0.1, -0.05) is 36.4 Å². The minimum Gasteiger partial charge on any atom is -0.447 e. The summed E-state index contributed by atoms with van der Waals surface area (Å²) in [6.45, 7) is 2.44. The van der Waals surface area contributed by atoms with E-state index in [0.717, 1.165) is 11.1 Å². The van der Waals surface area contributed by atoms with Gasteiger partial charge >= 0.3 is 6.09 Å². The smallest absolute Gasteiger partial charge is 0.410 e. The number of carbonyl (C=O) groups excluding carboxylic acids is 1. The fraction of sp³-hybridized carbons (Fsp3) is 0.211. The number of aryl methyl sites for hydroxylation is 1. The Bertz CT molecular complexity index is 998. The Labute approximate surface area is 144 Å². The standard InChI is InChI=1S/C19H17N3O3/c1-13-6-5-9-21-17(23)10-15(20-18(13)21)11-22-16(12-25-19(22)24)14-7-3-2-4-8-14/h2-10,16H,11-12H2,1H3/t16-/m1/s1. The zero-order valence-corrected chi connectivity index (χ0v) is 13.8. The first-order chi connectivity index (χ1) is 12.1. The number of ether oxygens (including phenoxy) is 1. The number of benzene rings is 1. The summed E-state index contributed by atoms with van der Waals surface area (Å²) in [6, 6.07) is 14.7. The number of hydrogen-bond acceptors (Lipinski definition) is 4. The summed E-state index contributed by atoms with van der Waals surface area (Å²) < 4.78 is 6.73. The number of pyridine rings is 1. The van der Waals surface area contributed by atoms with Crippen molar-refractivity contribution in [2.75, 3.05) is 6.61 Å². The number of fused-ring (bicyclic) bond motifs is 1. The topological polar surface area (TPSA) is 63.9 Å². The number of rotatable bonds is 3. The monoisotopic (exact) mass is 335 g/mol. The molecule has 1 aliphatic heterocycles. The molecule has 0 unspecified atom stereocenters. The Kier molecular flexibility index (Phi) is 3.72. The maximum absolute atomic E-state index is 12.3. The van der Waals surface area contributed by atoms with Crippen LogP contribution in [0.2, 0.25) is 0 Å². The van der Waals surface area contributed by atoms with E-state index in [4.69, 9.17) is 4.74 Å². The van der Waals surface area contributed by atoms with E-state index in [1.165, 1.54) is 10.5 Å². The van der Waals surface area contributed by atoms with Crippen LogP contribution in [0.5, 0.6) is 0 Å². The normalized spacial score (nSPS) is 17.1. The number of hydrogen-bond donors (Lipinski definition) is 0. The lowest BCUT2D eigenvalue weighted by molar-refractivity contribution is 0.156. The number of aromatic nitrogens is 2. The third-order valence-corrected chi connectivity index (χ3v) is 4.43. The van der Waals surface area contributed by atoms with Crippen LogP contribution in [0.25, 0.3) is 5.65 Å². The van der Waals surface area contributed by atoms with Crippen LogP contribution < -0.4 is 5.56 Å². The summed E-state index contributed by atoms with van der Waals surface area (Å²) in [6.07, 6.45) is 1.30. The Morgan fingerprint density at radius 2 is 1.96 bits per heavy atom. The van der Waals surface area contributed by atoms with Crippen molar-refractivity contribution in [1.29, 1.82) is 0 Å². The molecule has 0 radical (unpaired) electrons. The van der Waals surface area contributed by atoms with Gasteiger partial charge in [-0.3, -0.25) is 14.1 Å². The molecule has 3 aromatic rings. The SMILES string of the molecule is Cc1cccn2c(=O)cc(CN3C(=O)OC[C@@H]3c3ccccc3)nc12. The van der Waals surface area contributed by atoms with Gasteiger partial charge in [-0.15, -0.1) is 0 Å². The van der Waals surface area contributed by atoms with Gasteiger partial charge in [-0.2, -0.15) is 0 Å². The molecular weight excluding hydrogens is 318 g/mol. The number of amides is 1. The van der Waals surface area contributed by atoms with Gasteiger partial charge in [0.1, 0.15) is 12.3 Å². The zero-order valence-electron chi connectivity index (χ0n) is 13.8. The van der Waals surface area contributed by atoms with Crippen LogP contribution in [-0.4, -0.2) is 27.0 Å². The Morgan fingerprint density at radius 1 is 1.16 bits per heavy atom. The average Bonchev–Trinajstić information content (AvgIpc) is 2.97. The summed E-state index contributed by atoms with van der Waals surface area (Å²) in [5.41, 5.74) is 2.91. The third-order valence-electron chi connectivity index (χ3n) is 4.43. The highest BCUT2D eigenvalue weighted by Crippen LogP contribution is 2.28. The number of carbonyl (C=O) groups is 1. The summed E-state index contributed by atoms with van der Waals surface area (Å²) in [7, 11) is 0. The average molecular weight is 335 g/mol. The van der Waals surface area contributed by atoms with E-state index in [1.807, 2.05) is 49.4 Å². The second kappa shape index (κ2) is 6.05. The Morgan fingerprint density at radius 3 is 2.76 bits per heavy atom. The number of nitrogens with zero attached hydrogens (tertiary/aromatic N) is 3. The van der Waals surface area contributed by atoms with Gasteiger partial charge in [0.05, 0.1) is 18.3 Å². The molecule has 25 heavy (non-hydrogen) atoms. The largest absolute Gasteiger partial charge is 0.447 e. The first kappa shape index (κ1) is 15.4. The highest BCUT2D eigenvalue weighted by Gasteiger charge is 2.34. The molecule has 1 atom stereocenters. The van der Waals surface area contributed by atoms with Crippen molar-refractivity contribution in [3.05, 3.63) is 81.9 Å². The van der Waals surface area contributed by atoms with Crippen LogP contribution in [0.15, 0.2) is 59.5 Å². The van der Waals surface area contributed by atoms with E-state index in [-0.39, 0.29) is 24.2 Å². The highest BCUT2D eigenvalue weighted by atomic mass is 16.6. The van der Waals surface area contributed by atoms with Gasteiger partial charge in [-0.05, 0) is 24.1 Å². The van der Waals surface area contributed by atoms with E-state index in [1.54, 1.807) is 11.1 Å². The van der Waals surface area contributed by atoms with E-state index in [0.29, 0.717) is 17.9 Å². The quantitative estimate of drug-likeness (QED) is 0.738. The van der Waals surface area contributed by atoms with Gasteiger partial charge in [0.25, 0.3) is 5.56 Å². The van der Waals surface area contributed by atoms with Crippen molar-refractivity contribution in [2.45, 2.75) is 19.5 Å². The molecule has 0 aliphatic carbocycles. The van der Waals surface area contributed by atoms with Gasteiger partial charge < -0.3 is 4.74 Å². The first-order valence-electron chi connectivity index (χ1n) is 8.10. The lowest BCUT2D eigenvalue weighted by Crippen LogP contribution is -2.29. The lowest BCUT2D eigenvalue weighted by Gasteiger charge is -2.21. The molecule has 1 saturated heterocycles. The Balaban J connectivity index is 1.71. The fourth-order valence-corrected chi connectivity index (χ4v) is 3.14. The van der Waals surface area contributed by atoms with Crippen molar-refractivity contribution < 1.29 is 9.53 Å². The molecule has 126 valence electrons. The van der Waals surface area contributed by atoms with E-state index in [9.17, 15) is 9.59 Å². The summed E-state index contributed by atoms with van der Waals surface area (Å²) >= 11 is 0. The molecule has 1 aliphatic rings. The molecule has 0 saturated carbocycles. The van der Waals surface area contributed by atoms with Crippen molar-refractivity contribution in [3.63, 3.8) is 0 Å². The molecule has 1 fully saturated rings. The summed E-state index contributed by atoms with van der Waals surface area (Å²) in [5, 5.41) is 0. The van der Waals surface area contributed by atoms with Crippen LogP contribution in [-0.2, 0) is 11.3 Å². The van der Waals surface area contributed by atoms with Gasteiger partial charge in [0.2, 0.25) is 0 Å². The molecule has 1 amide bonds. The molecule has 2 aromatic heterocycles. The summed E-state index contributed by atoms with van der Waals surface area (Å²) in [4.78, 5) is 30.7. The van der Waals surface area contributed by atoms with Crippen LogP contribution in [0.4, 0.5) is 4.79 Å². The van der Waals surface area contributed by atoms with Crippen molar-refractivity contribution in [1.82, 2.24) is 14.3 Å². The van der Waals surface area contributed by atoms with E-state index < -0.39 is 0 Å². The van der Waals surface area contributed by atoms with Crippen LogP contribution in [0.1, 0.15) is 22.9 Å². The minimum atomic E-state index is -0.388. The van der Waals surface area contributed by atoms with Crippen LogP contribution >= 0.6 is 0 Å². The maximum Gasteiger partial charge on any atom is 0.410 e. The molecule has 6 heteroatoms. The third kappa shape index (κ3) is 2.76. The zero-order chi connectivity index (χ0) is 17.4. The number of cyclic esters (lactones) is 1. The van der Waals surface area contributed by atoms with Crippen molar-refractivity contribution >= 4 is 11.7 Å². The van der Waals surface area contributed by atoms with Crippen LogP contribution in [0.3, 0.4) is 0 Å². The predicted molar refractivity (Wildman–Crippen MR) is 92.3 cm³/mol. The maximum atomic E-state index is 12.3. The molecule has 4 rings (SSSR count). The van der Waals surface area contributed by atoms with E-state index >= 15 is 0 Å². The molecule has 3 heterocycles. The van der Waals surface area contributed by atoms with Gasteiger partial charge in [-0.25, -0.2) is 9.78 Å². The fourth-order valence-electron chi connectivity index (χ4n) is 3.14. The molecule has 0 bridgehead atoms. The molecule has 1 aromatic carbocycles. The lowest BCUT2D eigenvalue weighted by atomic mass is 10.1. The molecular formula is C19H17N3O3. The van der Waals surface area contributed by atoms with E-state index in [2.05, 4.69) is 4.98 Å².